The smallest absolute Gasteiger partial charge is 0.278 e. The second-order valence-corrected chi connectivity index (χ2v) is 5.45. The highest BCUT2D eigenvalue weighted by molar-refractivity contribution is 6.31. The lowest BCUT2D eigenvalue weighted by Gasteiger charge is -2.31. The Morgan fingerprint density at radius 2 is 2.04 bits per heavy atom. The van der Waals surface area contributed by atoms with Crippen molar-refractivity contribution in [1.29, 1.82) is 0 Å². The summed E-state index contributed by atoms with van der Waals surface area (Å²) in [6.45, 7) is 8.40. The van der Waals surface area contributed by atoms with Crippen molar-refractivity contribution in [2.45, 2.75) is 33.7 Å². The molecule has 23 heavy (non-hydrogen) atoms. The number of aromatic nitrogens is 3. The predicted molar refractivity (Wildman–Crippen MR) is 90.5 cm³/mol. The maximum Gasteiger partial charge on any atom is 0.278 e. The molecule has 0 bridgehead atoms. The van der Waals surface area contributed by atoms with Gasteiger partial charge >= 0.3 is 0 Å². The van der Waals surface area contributed by atoms with Crippen molar-refractivity contribution >= 4 is 23.3 Å². The van der Waals surface area contributed by atoms with E-state index in [-0.39, 0.29) is 11.9 Å². The molecule has 7 heteroatoms. The average Bonchev–Trinajstić information content (AvgIpc) is 2.96. The number of fused-ring (bicyclic) bond motifs is 1. The van der Waals surface area contributed by atoms with E-state index in [0.29, 0.717) is 29.0 Å². The molecule has 1 amide bonds. The van der Waals surface area contributed by atoms with Crippen molar-refractivity contribution in [3.05, 3.63) is 34.6 Å². The number of carbonyl (C=O) groups is 1. The van der Waals surface area contributed by atoms with E-state index >= 15 is 0 Å². The number of carbonyl (C=O) groups excluding carboxylic acids is 1. The summed E-state index contributed by atoms with van der Waals surface area (Å²) in [7, 11) is 1.50. The molecule has 0 radical (unpaired) electrons. The molecule has 3 rings (SSSR count). The molecule has 0 spiro atoms. The Kier molecular flexibility index (Phi) is 5.26. The maximum absolute atomic E-state index is 12.7. The number of ether oxygens (including phenoxy) is 1. The van der Waals surface area contributed by atoms with E-state index in [1.165, 1.54) is 7.11 Å². The fraction of sp³-hybridized carbons (Fsp3) is 0.438. The number of anilines is 1. The lowest BCUT2D eigenvalue weighted by molar-refractivity contribution is 0.0951. The molecule has 0 N–H and O–H groups in total. The number of halogens is 1. The topological polar surface area (TPSA) is 60.2 Å². The van der Waals surface area contributed by atoms with Crippen LogP contribution >= 0.6 is 11.6 Å². The van der Waals surface area contributed by atoms with Crippen molar-refractivity contribution in [2.75, 3.05) is 18.6 Å². The molecule has 1 aliphatic rings. The summed E-state index contributed by atoms with van der Waals surface area (Å²) in [5, 5.41) is 4.68. The second kappa shape index (κ2) is 7.00. The summed E-state index contributed by atoms with van der Waals surface area (Å²) >= 11 is 5.98. The van der Waals surface area contributed by atoms with Crippen molar-refractivity contribution in [1.82, 2.24) is 14.8 Å². The van der Waals surface area contributed by atoms with Crippen LogP contribution in [0.3, 0.4) is 0 Å². The average molecular weight is 337 g/mol. The van der Waals surface area contributed by atoms with Gasteiger partial charge in [0.05, 0.1) is 19.3 Å². The molecule has 0 saturated heterocycles. The number of rotatable bonds is 2. The van der Waals surface area contributed by atoms with Crippen LogP contribution in [0.4, 0.5) is 5.82 Å². The lowest BCUT2D eigenvalue weighted by Crippen LogP contribution is -2.43. The number of amides is 1. The van der Waals surface area contributed by atoms with Crippen molar-refractivity contribution < 1.29 is 9.53 Å². The standard InChI is InChI=1S/C14H15ClN4O2.C2H6/c1-8-6-16-19-9(2)7-18(14(20)12(8)19)11-5-4-10(15)13(17-11)21-3;1-2/h4-6,9H,7H2,1-3H3;1-2H3. The summed E-state index contributed by atoms with van der Waals surface area (Å²) in [5.74, 6) is 0.727. The summed E-state index contributed by atoms with van der Waals surface area (Å²) in [5.41, 5.74) is 1.46. The van der Waals surface area contributed by atoms with Gasteiger partial charge in [0.2, 0.25) is 5.88 Å². The first-order valence-corrected chi connectivity index (χ1v) is 7.97. The Labute approximate surface area is 141 Å². The third-order valence-corrected chi connectivity index (χ3v) is 3.85. The summed E-state index contributed by atoms with van der Waals surface area (Å²) < 4.78 is 6.88. The Bertz CT molecular complexity index is 714. The van der Waals surface area contributed by atoms with Crippen LogP contribution in [0.1, 0.15) is 42.9 Å². The lowest BCUT2D eigenvalue weighted by atomic mass is 10.1. The largest absolute Gasteiger partial charge is 0.480 e. The van der Waals surface area contributed by atoms with Crippen LogP contribution in [0, 0.1) is 6.92 Å². The van der Waals surface area contributed by atoms with Crippen LogP contribution in [0.25, 0.3) is 0 Å². The third-order valence-electron chi connectivity index (χ3n) is 3.56. The molecule has 1 atom stereocenters. The minimum atomic E-state index is -0.111. The highest BCUT2D eigenvalue weighted by Crippen LogP contribution is 2.30. The molecule has 6 nitrogen and oxygen atoms in total. The Hall–Kier alpha value is -2.08. The van der Waals surface area contributed by atoms with Gasteiger partial charge in [0.25, 0.3) is 5.91 Å². The van der Waals surface area contributed by atoms with E-state index in [1.54, 1.807) is 27.9 Å². The normalized spacial score (nSPS) is 16.5. The van der Waals surface area contributed by atoms with E-state index in [2.05, 4.69) is 10.1 Å². The maximum atomic E-state index is 12.7. The second-order valence-electron chi connectivity index (χ2n) is 5.05. The number of methoxy groups -OCH3 is 1. The number of hydrogen-bond acceptors (Lipinski definition) is 4. The number of nitrogens with zero attached hydrogens (tertiary/aromatic N) is 4. The SMILES string of the molecule is CC.COc1nc(N2CC(C)n3ncc(C)c3C2=O)ccc1Cl. The Morgan fingerprint density at radius 1 is 1.35 bits per heavy atom. The van der Waals surface area contributed by atoms with Gasteiger partial charge in [-0.15, -0.1) is 0 Å². The molecule has 1 aliphatic heterocycles. The minimum Gasteiger partial charge on any atom is -0.480 e. The van der Waals surface area contributed by atoms with Gasteiger partial charge in [0, 0.05) is 12.1 Å². The molecule has 0 fully saturated rings. The molecular formula is C16H21ClN4O2. The number of pyridine rings is 1. The van der Waals surface area contributed by atoms with Crippen LogP contribution < -0.4 is 9.64 Å². The van der Waals surface area contributed by atoms with E-state index < -0.39 is 0 Å². The minimum absolute atomic E-state index is 0.0786. The van der Waals surface area contributed by atoms with Gasteiger partial charge in [-0.05, 0) is 26.0 Å². The summed E-state index contributed by atoms with van der Waals surface area (Å²) in [4.78, 5) is 18.6. The molecule has 124 valence electrons. The monoisotopic (exact) mass is 336 g/mol. The Balaban J connectivity index is 0.000000924. The first-order chi connectivity index (χ1) is 11.0. The number of aryl methyl sites for hydroxylation is 1. The van der Waals surface area contributed by atoms with Crippen LogP contribution in [0.5, 0.6) is 5.88 Å². The highest BCUT2D eigenvalue weighted by Gasteiger charge is 2.33. The van der Waals surface area contributed by atoms with Crippen molar-refractivity contribution in [3.63, 3.8) is 0 Å². The van der Waals surface area contributed by atoms with Crippen molar-refractivity contribution in [2.24, 2.45) is 0 Å². The molecule has 0 aromatic carbocycles. The molecule has 3 heterocycles. The zero-order valence-corrected chi connectivity index (χ0v) is 14.8. The van der Waals surface area contributed by atoms with Crippen LogP contribution in [0.15, 0.2) is 18.3 Å². The van der Waals surface area contributed by atoms with Gasteiger partial charge in [-0.2, -0.15) is 10.1 Å². The zero-order chi connectivity index (χ0) is 17.1. The first-order valence-electron chi connectivity index (χ1n) is 7.59. The van der Waals surface area contributed by atoms with E-state index in [0.717, 1.165) is 5.56 Å². The Morgan fingerprint density at radius 3 is 2.70 bits per heavy atom. The first kappa shape index (κ1) is 17.3. The molecular weight excluding hydrogens is 316 g/mol. The van der Waals surface area contributed by atoms with Gasteiger partial charge in [0.15, 0.2) is 0 Å². The molecule has 0 saturated carbocycles. The van der Waals surface area contributed by atoms with Crippen molar-refractivity contribution in [3.8, 4) is 5.88 Å². The van der Waals surface area contributed by atoms with E-state index in [4.69, 9.17) is 16.3 Å². The van der Waals surface area contributed by atoms with Crippen LogP contribution in [-0.2, 0) is 0 Å². The zero-order valence-electron chi connectivity index (χ0n) is 14.0. The highest BCUT2D eigenvalue weighted by atomic mass is 35.5. The summed E-state index contributed by atoms with van der Waals surface area (Å²) in [6, 6.07) is 3.48. The van der Waals surface area contributed by atoms with Gasteiger partial charge in [0.1, 0.15) is 16.5 Å². The van der Waals surface area contributed by atoms with Gasteiger partial charge < -0.3 is 4.74 Å². The fourth-order valence-electron chi connectivity index (χ4n) is 2.51. The molecule has 0 aliphatic carbocycles. The van der Waals surface area contributed by atoms with Gasteiger partial charge in [-0.3, -0.25) is 14.4 Å². The fourth-order valence-corrected chi connectivity index (χ4v) is 2.69. The van der Waals surface area contributed by atoms with Crippen LogP contribution in [0.2, 0.25) is 5.02 Å². The third kappa shape index (κ3) is 3.03. The van der Waals surface area contributed by atoms with Gasteiger partial charge in [-0.25, -0.2) is 0 Å². The molecule has 2 aromatic rings. The van der Waals surface area contributed by atoms with Crippen LogP contribution in [-0.4, -0.2) is 34.3 Å². The van der Waals surface area contributed by atoms with E-state index in [9.17, 15) is 4.79 Å². The van der Waals surface area contributed by atoms with Gasteiger partial charge in [-0.1, -0.05) is 25.4 Å². The summed E-state index contributed by atoms with van der Waals surface area (Å²) in [6.07, 6.45) is 1.71. The quantitative estimate of drug-likeness (QED) is 0.842. The number of hydrogen-bond donors (Lipinski definition) is 0. The molecule has 2 aromatic heterocycles. The van der Waals surface area contributed by atoms with E-state index in [1.807, 2.05) is 27.7 Å². The molecule has 1 unspecified atom stereocenters. The predicted octanol–water partition coefficient (Wildman–Crippen LogP) is 3.50.